The molecule has 0 saturated heterocycles. The number of nitro groups is 1. The molecular formula is C18H23N3O5. The molecule has 2 saturated carbocycles. The third kappa shape index (κ3) is 4.78. The van der Waals surface area contributed by atoms with Gasteiger partial charge in [0.1, 0.15) is 0 Å². The van der Waals surface area contributed by atoms with Crippen LogP contribution in [-0.4, -0.2) is 52.0 Å². The quantitative estimate of drug-likeness (QED) is 0.510. The molecule has 0 aromatic heterocycles. The lowest BCUT2D eigenvalue weighted by Crippen LogP contribution is -2.55. The van der Waals surface area contributed by atoms with Crippen molar-refractivity contribution in [2.24, 2.45) is 5.92 Å². The Kier molecular flexibility index (Phi) is 5.51. The van der Waals surface area contributed by atoms with E-state index in [-0.39, 0.29) is 36.6 Å². The Labute approximate surface area is 151 Å². The van der Waals surface area contributed by atoms with E-state index in [1.54, 1.807) is 18.2 Å². The second-order valence-electron chi connectivity index (χ2n) is 7.22. The van der Waals surface area contributed by atoms with Gasteiger partial charge in [-0.25, -0.2) is 0 Å². The van der Waals surface area contributed by atoms with E-state index in [1.165, 1.54) is 18.9 Å². The molecular weight excluding hydrogens is 338 g/mol. The van der Waals surface area contributed by atoms with Gasteiger partial charge in [-0.15, -0.1) is 0 Å². The first-order valence-electron chi connectivity index (χ1n) is 8.90. The molecule has 0 bridgehead atoms. The minimum atomic E-state index is -0.825. The normalized spacial score (nSPS) is 21.9. The van der Waals surface area contributed by atoms with Crippen LogP contribution in [0.5, 0.6) is 0 Å². The van der Waals surface area contributed by atoms with Crippen molar-refractivity contribution in [3.05, 3.63) is 39.9 Å². The van der Waals surface area contributed by atoms with Crippen LogP contribution in [0.3, 0.4) is 0 Å². The van der Waals surface area contributed by atoms with E-state index in [0.717, 1.165) is 19.4 Å². The first-order valence-corrected chi connectivity index (χ1v) is 8.90. The molecule has 0 atom stereocenters. The van der Waals surface area contributed by atoms with Gasteiger partial charge in [0.25, 0.3) is 5.69 Å². The summed E-state index contributed by atoms with van der Waals surface area (Å²) in [5, 5.41) is 23.0. The molecule has 0 spiro atoms. The molecule has 2 N–H and O–H groups in total. The Bertz CT molecular complexity index is 698. The lowest BCUT2D eigenvalue weighted by Gasteiger charge is -2.42. The number of nitrogens with zero attached hydrogens (tertiary/aromatic N) is 2. The maximum absolute atomic E-state index is 12.2. The SMILES string of the molecule is O=C(O)CN(CC1CC1)C1CC(NC(=O)Cc2ccccc2[N+](=O)[O-])C1. The lowest BCUT2D eigenvalue weighted by atomic mass is 9.85. The van der Waals surface area contributed by atoms with Crippen LogP contribution in [0.25, 0.3) is 0 Å². The molecule has 2 aliphatic rings. The Morgan fingerprint density at radius 1 is 1.27 bits per heavy atom. The molecule has 3 rings (SSSR count). The first kappa shape index (κ1) is 18.3. The molecule has 8 heteroatoms. The van der Waals surface area contributed by atoms with Crippen LogP contribution < -0.4 is 5.32 Å². The van der Waals surface area contributed by atoms with Gasteiger partial charge in [-0.3, -0.25) is 24.6 Å². The van der Waals surface area contributed by atoms with Gasteiger partial charge in [-0.2, -0.15) is 0 Å². The van der Waals surface area contributed by atoms with E-state index in [9.17, 15) is 19.7 Å². The highest BCUT2D eigenvalue weighted by Gasteiger charge is 2.37. The van der Waals surface area contributed by atoms with Crippen molar-refractivity contribution in [1.82, 2.24) is 10.2 Å². The number of para-hydroxylation sites is 1. The zero-order valence-electron chi connectivity index (χ0n) is 14.5. The summed E-state index contributed by atoms with van der Waals surface area (Å²) in [6.45, 7) is 0.853. The lowest BCUT2D eigenvalue weighted by molar-refractivity contribution is -0.385. The number of hydrogen-bond donors (Lipinski definition) is 2. The van der Waals surface area contributed by atoms with Gasteiger partial charge >= 0.3 is 5.97 Å². The first-order chi connectivity index (χ1) is 12.4. The van der Waals surface area contributed by atoms with E-state index in [1.807, 2.05) is 4.90 Å². The monoisotopic (exact) mass is 361 g/mol. The van der Waals surface area contributed by atoms with Crippen LogP contribution in [0.2, 0.25) is 0 Å². The summed E-state index contributed by atoms with van der Waals surface area (Å²) in [6, 6.07) is 6.42. The van der Waals surface area contributed by atoms with E-state index in [4.69, 9.17) is 5.11 Å². The highest BCUT2D eigenvalue weighted by molar-refractivity contribution is 5.80. The van der Waals surface area contributed by atoms with E-state index in [2.05, 4.69) is 5.32 Å². The van der Waals surface area contributed by atoms with Crippen molar-refractivity contribution in [1.29, 1.82) is 0 Å². The highest BCUT2D eigenvalue weighted by Crippen LogP contribution is 2.33. The summed E-state index contributed by atoms with van der Waals surface area (Å²) >= 11 is 0. The summed E-state index contributed by atoms with van der Waals surface area (Å²) in [5.41, 5.74) is 0.346. The average Bonchev–Trinajstić information content (AvgIpc) is 3.33. The molecule has 1 aromatic rings. The number of aliphatic carboxylic acids is 1. The fraction of sp³-hybridized carbons (Fsp3) is 0.556. The van der Waals surface area contributed by atoms with E-state index >= 15 is 0 Å². The van der Waals surface area contributed by atoms with Crippen LogP contribution in [0.4, 0.5) is 5.69 Å². The van der Waals surface area contributed by atoms with Crippen LogP contribution in [0, 0.1) is 16.0 Å². The molecule has 8 nitrogen and oxygen atoms in total. The highest BCUT2D eigenvalue weighted by atomic mass is 16.6. The van der Waals surface area contributed by atoms with Gasteiger partial charge in [0.05, 0.1) is 17.9 Å². The van der Waals surface area contributed by atoms with Crippen molar-refractivity contribution in [3.63, 3.8) is 0 Å². The predicted octanol–water partition coefficient (Wildman–Crippen LogP) is 1.58. The number of rotatable bonds is 9. The standard InChI is InChI=1S/C18H23N3O5/c22-17(7-13-3-1-2-4-16(13)21(25)26)19-14-8-15(9-14)20(11-18(23)24)10-12-5-6-12/h1-4,12,14-15H,5-11H2,(H,19,22)(H,23,24). The fourth-order valence-corrected chi connectivity index (χ4v) is 3.44. The van der Waals surface area contributed by atoms with Gasteiger partial charge < -0.3 is 10.4 Å². The number of hydrogen-bond acceptors (Lipinski definition) is 5. The molecule has 1 aromatic carbocycles. The van der Waals surface area contributed by atoms with E-state index in [0.29, 0.717) is 11.5 Å². The maximum Gasteiger partial charge on any atom is 0.317 e. The Morgan fingerprint density at radius 3 is 2.58 bits per heavy atom. The summed E-state index contributed by atoms with van der Waals surface area (Å²) in [6.07, 6.45) is 3.75. The maximum atomic E-state index is 12.2. The average molecular weight is 361 g/mol. The topological polar surface area (TPSA) is 113 Å². The number of carbonyl (C=O) groups is 2. The van der Waals surface area contributed by atoms with Crippen molar-refractivity contribution in [3.8, 4) is 0 Å². The van der Waals surface area contributed by atoms with Crippen LogP contribution in [0.15, 0.2) is 24.3 Å². The van der Waals surface area contributed by atoms with Gasteiger partial charge in [-0.1, -0.05) is 18.2 Å². The minimum absolute atomic E-state index is 0.00534. The number of amides is 1. The van der Waals surface area contributed by atoms with Crippen molar-refractivity contribution in [2.45, 2.75) is 44.2 Å². The smallest absolute Gasteiger partial charge is 0.317 e. The number of benzene rings is 1. The summed E-state index contributed by atoms with van der Waals surface area (Å²) in [4.78, 5) is 35.8. The minimum Gasteiger partial charge on any atom is -0.480 e. The Hall–Kier alpha value is -2.48. The van der Waals surface area contributed by atoms with Crippen LogP contribution in [-0.2, 0) is 16.0 Å². The summed E-state index contributed by atoms with van der Waals surface area (Å²) in [7, 11) is 0. The number of nitrogens with one attached hydrogen (secondary N) is 1. The van der Waals surface area contributed by atoms with Crippen LogP contribution >= 0.6 is 0 Å². The van der Waals surface area contributed by atoms with Crippen molar-refractivity contribution >= 4 is 17.6 Å². The number of carboxylic acid groups (broad SMARTS) is 1. The second kappa shape index (κ2) is 7.82. The van der Waals surface area contributed by atoms with Gasteiger partial charge in [0, 0.05) is 30.3 Å². The van der Waals surface area contributed by atoms with Gasteiger partial charge in [0.2, 0.25) is 5.91 Å². The molecule has 0 radical (unpaired) electrons. The van der Waals surface area contributed by atoms with Gasteiger partial charge in [-0.05, 0) is 31.6 Å². The Balaban J connectivity index is 1.48. The van der Waals surface area contributed by atoms with Crippen LogP contribution in [0.1, 0.15) is 31.2 Å². The molecule has 0 heterocycles. The molecule has 0 unspecified atom stereocenters. The predicted molar refractivity (Wildman–Crippen MR) is 93.7 cm³/mol. The molecule has 0 aliphatic heterocycles. The number of nitro benzene ring substituents is 1. The zero-order valence-corrected chi connectivity index (χ0v) is 14.5. The third-order valence-corrected chi connectivity index (χ3v) is 5.06. The second-order valence-corrected chi connectivity index (χ2v) is 7.22. The number of carboxylic acids is 1. The Morgan fingerprint density at radius 2 is 1.96 bits per heavy atom. The summed E-state index contributed by atoms with van der Waals surface area (Å²) < 4.78 is 0. The molecule has 1 amide bonds. The molecule has 2 fully saturated rings. The number of carbonyl (C=O) groups excluding carboxylic acids is 1. The van der Waals surface area contributed by atoms with E-state index < -0.39 is 10.9 Å². The fourth-order valence-electron chi connectivity index (χ4n) is 3.44. The molecule has 26 heavy (non-hydrogen) atoms. The summed E-state index contributed by atoms with van der Waals surface area (Å²) in [5.74, 6) is -0.453. The van der Waals surface area contributed by atoms with Gasteiger partial charge in [0.15, 0.2) is 0 Å². The van der Waals surface area contributed by atoms with Crippen molar-refractivity contribution in [2.75, 3.05) is 13.1 Å². The third-order valence-electron chi connectivity index (χ3n) is 5.06. The largest absolute Gasteiger partial charge is 0.480 e. The molecule has 2 aliphatic carbocycles. The zero-order chi connectivity index (χ0) is 18.7. The molecule has 140 valence electrons. The van der Waals surface area contributed by atoms with Crippen molar-refractivity contribution < 1.29 is 19.6 Å².